The van der Waals surface area contributed by atoms with Gasteiger partial charge in [0.1, 0.15) is 0 Å². The van der Waals surface area contributed by atoms with Crippen molar-refractivity contribution in [1.82, 2.24) is 24.9 Å². The topological polar surface area (TPSA) is 151 Å². The normalized spacial score (nSPS) is 15.0. The molecule has 0 aliphatic carbocycles. The molecule has 38 heavy (non-hydrogen) atoms. The number of benzene rings is 1. The number of hydrogen-bond donors (Lipinski definition) is 2. The van der Waals surface area contributed by atoms with Crippen LogP contribution in [0.2, 0.25) is 0 Å². The van der Waals surface area contributed by atoms with E-state index in [1.165, 1.54) is 16.2 Å². The van der Waals surface area contributed by atoms with Gasteiger partial charge >= 0.3 is 12.0 Å². The number of urea groups is 1. The van der Waals surface area contributed by atoms with Crippen LogP contribution in [0.5, 0.6) is 0 Å². The molecule has 11 nitrogen and oxygen atoms in total. The van der Waals surface area contributed by atoms with Crippen LogP contribution in [0.25, 0.3) is 32.6 Å². The second-order valence-electron chi connectivity index (χ2n) is 9.57. The van der Waals surface area contributed by atoms with E-state index in [-0.39, 0.29) is 0 Å². The molecule has 0 spiro atoms. The van der Waals surface area contributed by atoms with Gasteiger partial charge in [0.15, 0.2) is 5.13 Å². The number of amides is 2. The minimum absolute atomic E-state index is 0.402. The van der Waals surface area contributed by atoms with Crippen LogP contribution in [0.1, 0.15) is 32.4 Å². The van der Waals surface area contributed by atoms with Gasteiger partial charge in [0.2, 0.25) is 5.95 Å². The number of anilines is 2. The second kappa shape index (κ2) is 9.93. The van der Waals surface area contributed by atoms with E-state index < -0.39 is 17.4 Å². The van der Waals surface area contributed by atoms with Gasteiger partial charge in [-0.05, 0) is 51.3 Å². The molecular weight excluding hydrogens is 504 g/mol. The van der Waals surface area contributed by atoms with Crippen molar-refractivity contribution in [2.24, 2.45) is 11.1 Å². The number of carbonyl (C=O) groups excluding carboxylic acids is 1. The van der Waals surface area contributed by atoms with Crippen molar-refractivity contribution < 1.29 is 14.7 Å². The molecule has 0 radical (unpaired) electrons. The van der Waals surface area contributed by atoms with Crippen molar-refractivity contribution in [3.05, 3.63) is 42.6 Å². The Morgan fingerprint density at radius 1 is 1.11 bits per heavy atom. The molecular formula is C26H28N8O3S. The number of primary amides is 1. The number of aromatic nitrogens is 5. The van der Waals surface area contributed by atoms with Crippen molar-refractivity contribution in [1.29, 1.82) is 0 Å². The maximum Gasteiger partial charge on any atom is 0.321 e. The van der Waals surface area contributed by atoms with Crippen LogP contribution in [0, 0.1) is 12.3 Å². The number of aliphatic carboxylic acids is 1. The zero-order valence-corrected chi connectivity index (χ0v) is 22.2. The van der Waals surface area contributed by atoms with Gasteiger partial charge < -0.3 is 15.7 Å². The number of rotatable bonds is 6. The molecule has 0 unspecified atom stereocenters. The first-order valence-corrected chi connectivity index (χ1v) is 13.1. The molecule has 4 aromatic rings. The molecule has 1 aromatic carbocycles. The monoisotopic (exact) mass is 532 g/mol. The number of piperidine rings is 1. The third-order valence-electron chi connectivity index (χ3n) is 7.07. The highest BCUT2D eigenvalue weighted by molar-refractivity contribution is 7.23. The molecule has 0 bridgehead atoms. The third-order valence-corrected chi connectivity index (χ3v) is 8.19. The summed E-state index contributed by atoms with van der Waals surface area (Å²) in [5, 5.41) is 10.0. The highest BCUT2D eigenvalue weighted by Crippen LogP contribution is 2.40. The summed E-state index contributed by atoms with van der Waals surface area (Å²) in [6.45, 7) is 7.10. The lowest BCUT2D eigenvalue weighted by molar-refractivity contribution is -0.149. The van der Waals surface area contributed by atoms with Crippen LogP contribution < -0.4 is 15.5 Å². The lowest BCUT2D eigenvalue weighted by Gasteiger charge is -2.36. The summed E-state index contributed by atoms with van der Waals surface area (Å²) in [4.78, 5) is 49.9. The molecule has 1 saturated heterocycles. The Bertz CT molecular complexity index is 1510. The Kier molecular flexibility index (Phi) is 6.66. The number of nitrogens with zero attached hydrogens (tertiary/aromatic N) is 7. The van der Waals surface area contributed by atoms with E-state index in [9.17, 15) is 14.7 Å². The number of carboxylic acid groups (broad SMARTS) is 1. The Morgan fingerprint density at radius 3 is 2.39 bits per heavy atom. The molecule has 3 aromatic heterocycles. The molecule has 4 heterocycles. The molecule has 2 amide bonds. The fourth-order valence-electron chi connectivity index (χ4n) is 4.58. The average molecular weight is 533 g/mol. The summed E-state index contributed by atoms with van der Waals surface area (Å²) < 4.78 is 0.874. The summed E-state index contributed by atoms with van der Waals surface area (Å²) in [6, 6.07) is 3.39. The van der Waals surface area contributed by atoms with Crippen molar-refractivity contribution in [2.45, 2.75) is 33.6 Å². The number of nitrogens with two attached hydrogens (primary N) is 1. The van der Waals surface area contributed by atoms with Gasteiger partial charge in [-0.15, -0.1) is 0 Å². The number of carbonyl (C=O) groups is 2. The van der Waals surface area contributed by atoms with Gasteiger partial charge in [0.05, 0.1) is 27.0 Å². The Labute approximate surface area is 223 Å². The first kappa shape index (κ1) is 25.5. The van der Waals surface area contributed by atoms with E-state index in [1.54, 1.807) is 31.7 Å². The van der Waals surface area contributed by atoms with Gasteiger partial charge in [-0.2, -0.15) is 0 Å². The number of hydrogen-bond acceptors (Lipinski definition) is 9. The van der Waals surface area contributed by atoms with E-state index in [1.807, 2.05) is 30.9 Å². The quantitative estimate of drug-likeness (QED) is 0.374. The summed E-state index contributed by atoms with van der Waals surface area (Å²) >= 11 is 1.38. The van der Waals surface area contributed by atoms with Crippen LogP contribution in [0.4, 0.5) is 15.9 Å². The summed E-state index contributed by atoms with van der Waals surface area (Å²) in [6.07, 6.45) is 7.90. The molecule has 196 valence electrons. The molecule has 0 saturated carbocycles. The average Bonchev–Trinajstić information content (AvgIpc) is 3.33. The fraction of sp³-hybridized carbons (Fsp3) is 0.346. The predicted molar refractivity (Wildman–Crippen MR) is 146 cm³/mol. The van der Waals surface area contributed by atoms with Crippen molar-refractivity contribution in [3.63, 3.8) is 0 Å². The maximum atomic E-state index is 12.0. The maximum absolute atomic E-state index is 12.0. The minimum atomic E-state index is -0.763. The highest BCUT2D eigenvalue weighted by atomic mass is 32.1. The molecule has 1 fully saturated rings. The summed E-state index contributed by atoms with van der Waals surface area (Å²) in [5.41, 5.74) is 9.56. The third kappa shape index (κ3) is 4.62. The Balaban J connectivity index is 1.53. The van der Waals surface area contributed by atoms with Gasteiger partial charge in [0, 0.05) is 55.5 Å². The van der Waals surface area contributed by atoms with Gasteiger partial charge in [0.25, 0.3) is 0 Å². The Morgan fingerprint density at radius 2 is 1.79 bits per heavy atom. The first-order valence-electron chi connectivity index (χ1n) is 12.3. The zero-order valence-electron chi connectivity index (χ0n) is 21.4. The molecule has 5 rings (SSSR count). The van der Waals surface area contributed by atoms with Crippen LogP contribution in [-0.4, -0.2) is 61.7 Å². The van der Waals surface area contributed by atoms with Crippen molar-refractivity contribution >= 4 is 44.6 Å². The molecule has 0 atom stereocenters. The fourth-order valence-corrected chi connectivity index (χ4v) is 5.71. The van der Waals surface area contributed by atoms with Crippen molar-refractivity contribution in [2.75, 3.05) is 29.4 Å². The van der Waals surface area contributed by atoms with Crippen molar-refractivity contribution in [3.8, 4) is 22.4 Å². The molecule has 1 aliphatic heterocycles. The summed E-state index contributed by atoms with van der Waals surface area (Å²) in [5.74, 6) is -0.190. The van der Waals surface area contributed by atoms with E-state index in [0.29, 0.717) is 49.1 Å². The lowest BCUT2D eigenvalue weighted by Crippen LogP contribution is -2.43. The number of fused-ring (bicyclic) bond motifs is 1. The number of aryl methyl sites for hydroxylation is 1. The molecule has 1 aliphatic rings. The lowest BCUT2D eigenvalue weighted by atomic mass is 9.80. The van der Waals surface area contributed by atoms with Crippen LogP contribution in [0.15, 0.2) is 36.9 Å². The number of carboxylic acids is 1. The standard InChI is InChI=1S/C26H28N8O3S/c1-4-34(23(27)37)25-32-19-12-16(11-18(21(19)38-25)20-15(2)28-7-8-29-20)17-13-30-24(31-14-17)33-9-5-26(3,6-10-33)22(35)36/h7-8,11-14H,4-6,9-10H2,1-3H3,(H2,27,37)(H,35,36). The van der Waals surface area contributed by atoms with E-state index in [0.717, 1.165) is 32.8 Å². The zero-order chi connectivity index (χ0) is 27.0. The predicted octanol–water partition coefficient (Wildman–Crippen LogP) is 4.11. The Hall–Kier alpha value is -4.19. The van der Waals surface area contributed by atoms with E-state index in [4.69, 9.17) is 10.7 Å². The molecule has 3 N–H and O–H groups in total. The minimum Gasteiger partial charge on any atom is -0.481 e. The number of thiazole rings is 1. The van der Waals surface area contributed by atoms with Gasteiger partial charge in [-0.3, -0.25) is 19.7 Å². The highest BCUT2D eigenvalue weighted by Gasteiger charge is 2.37. The smallest absolute Gasteiger partial charge is 0.321 e. The summed E-state index contributed by atoms with van der Waals surface area (Å²) in [7, 11) is 0. The van der Waals surface area contributed by atoms with Crippen LogP contribution in [-0.2, 0) is 4.79 Å². The van der Waals surface area contributed by atoms with Gasteiger partial charge in [-0.1, -0.05) is 11.3 Å². The SMILES string of the molecule is CCN(C(N)=O)c1nc2cc(-c3cnc(N4CCC(C)(C(=O)O)CC4)nc3)cc(-c3nccnc3C)c2s1. The van der Waals surface area contributed by atoms with Gasteiger partial charge in [-0.25, -0.2) is 19.7 Å². The van der Waals surface area contributed by atoms with Crippen LogP contribution in [0.3, 0.4) is 0 Å². The largest absolute Gasteiger partial charge is 0.481 e. The second-order valence-corrected chi connectivity index (χ2v) is 10.5. The van der Waals surface area contributed by atoms with E-state index >= 15 is 0 Å². The van der Waals surface area contributed by atoms with E-state index in [2.05, 4.69) is 19.9 Å². The first-order chi connectivity index (χ1) is 18.2. The van der Waals surface area contributed by atoms with Crippen LogP contribution >= 0.6 is 11.3 Å². The molecule has 12 heteroatoms.